The van der Waals surface area contributed by atoms with E-state index in [4.69, 9.17) is 11.6 Å². The van der Waals surface area contributed by atoms with Gasteiger partial charge in [0, 0.05) is 18.0 Å². The van der Waals surface area contributed by atoms with E-state index in [1.54, 1.807) is 0 Å². The molecule has 0 saturated heterocycles. The summed E-state index contributed by atoms with van der Waals surface area (Å²) in [5, 5.41) is -0.204. The van der Waals surface area contributed by atoms with Crippen LogP contribution in [-0.4, -0.2) is 9.55 Å². The summed E-state index contributed by atoms with van der Waals surface area (Å²) in [5.74, 6) is -1.91. The maximum absolute atomic E-state index is 13.4. The van der Waals surface area contributed by atoms with Crippen LogP contribution in [0.2, 0.25) is 5.15 Å². The molecule has 2 aromatic rings. The molecule has 0 atom stereocenters. The van der Waals surface area contributed by atoms with Crippen molar-refractivity contribution in [1.29, 1.82) is 0 Å². The zero-order valence-corrected chi connectivity index (χ0v) is 9.29. The Bertz CT molecular complexity index is 613. The summed E-state index contributed by atoms with van der Waals surface area (Å²) in [6.45, 7) is -0.0926. The lowest BCUT2D eigenvalue weighted by atomic mass is 10.2. The predicted molar refractivity (Wildman–Crippen MR) is 59.0 cm³/mol. The van der Waals surface area contributed by atoms with Crippen molar-refractivity contribution < 1.29 is 8.78 Å². The first-order chi connectivity index (χ1) is 8.09. The first-order valence-electron chi connectivity index (χ1n) is 4.73. The van der Waals surface area contributed by atoms with Crippen LogP contribution >= 0.6 is 11.6 Å². The van der Waals surface area contributed by atoms with Crippen LogP contribution in [0.25, 0.3) is 0 Å². The van der Waals surface area contributed by atoms with Crippen molar-refractivity contribution in [3.8, 4) is 0 Å². The fourth-order valence-corrected chi connectivity index (χ4v) is 1.56. The molecule has 0 bridgehead atoms. The molecule has 88 valence electrons. The average Bonchev–Trinajstić information content (AvgIpc) is 2.31. The molecule has 3 nitrogen and oxygen atoms in total. The van der Waals surface area contributed by atoms with E-state index in [-0.39, 0.29) is 17.3 Å². The van der Waals surface area contributed by atoms with Crippen LogP contribution in [0, 0.1) is 11.6 Å². The lowest BCUT2D eigenvalue weighted by molar-refractivity contribution is 0.494. The number of rotatable bonds is 2. The van der Waals surface area contributed by atoms with Crippen molar-refractivity contribution >= 4 is 11.6 Å². The number of aromatic nitrogens is 2. The Morgan fingerprint density at radius 1 is 1.35 bits per heavy atom. The molecular formula is C11H7ClF2N2O. The Labute approximate surface area is 100 Å². The first kappa shape index (κ1) is 11.7. The summed E-state index contributed by atoms with van der Waals surface area (Å²) in [7, 11) is 0. The fraction of sp³-hybridized carbons (Fsp3) is 0.0909. The van der Waals surface area contributed by atoms with Crippen LogP contribution in [0.15, 0.2) is 35.4 Å². The molecule has 1 aromatic carbocycles. The van der Waals surface area contributed by atoms with Crippen molar-refractivity contribution in [2.75, 3.05) is 0 Å². The van der Waals surface area contributed by atoms with Gasteiger partial charge in [-0.2, -0.15) is 0 Å². The quantitative estimate of drug-likeness (QED) is 0.826. The second-order valence-electron chi connectivity index (χ2n) is 3.36. The molecule has 0 unspecified atom stereocenters. The van der Waals surface area contributed by atoms with E-state index >= 15 is 0 Å². The van der Waals surface area contributed by atoms with Crippen LogP contribution in [-0.2, 0) is 6.54 Å². The summed E-state index contributed by atoms with van der Waals surface area (Å²) >= 11 is 5.54. The molecule has 0 aliphatic carbocycles. The molecule has 0 aliphatic heterocycles. The summed E-state index contributed by atoms with van der Waals surface area (Å²) < 4.78 is 27.5. The van der Waals surface area contributed by atoms with Gasteiger partial charge in [-0.15, -0.1) is 0 Å². The summed E-state index contributed by atoms with van der Waals surface area (Å²) in [6, 6.07) is 3.79. The Hall–Kier alpha value is -1.75. The summed E-state index contributed by atoms with van der Waals surface area (Å²) in [5.41, 5.74) is -0.466. The van der Waals surface area contributed by atoms with Crippen LogP contribution < -0.4 is 5.56 Å². The van der Waals surface area contributed by atoms with E-state index < -0.39 is 17.2 Å². The van der Waals surface area contributed by atoms with Crippen molar-refractivity contribution in [2.45, 2.75) is 6.54 Å². The molecule has 0 saturated carbocycles. The van der Waals surface area contributed by atoms with E-state index in [1.807, 2.05) is 0 Å². The lowest BCUT2D eigenvalue weighted by Gasteiger charge is -2.06. The molecule has 0 N–H and O–H groups in total. The van der Waals surface area contributed by atoms with Crippen molar-refractivity contribution in [3.63, 3.8) is 0 Å². The zero-order chi connectivity index (χ0) is 12.4. The highest BCUT2D eigenvalue weighted by Gasteiger charge is 2.09. The maximum atomic E-state index is 13.4. The van der Waals surface area contributed by atoms with Gasteiger partial charge in [0.2, 0.25) is 0 Å². The highest BCUT2D eigenvalue weighted by Crippen LogP contribution is 2.12. The number of halogens is 3. The fourth-order valence-electron chi connectivity index (χ4n) is 1.40. The van der Waals surface area contributed by atoms with Gasteiger partial charge in [-0.05, 0) is 6.07 Å². The van der Waals surface area contributed by atoms with Crippen LogP contribution in [0.1, 0.15) is 5.56 Å². The van der Waals surface area contributed by atoms with Crippen LogP contribution in [0.5, 0.6) is 0 Å². The smallest absolute Gasteiger partial charge is 0.288 e. The third-order valence-corrected chi connectivity index (χ3v) is 2.50. The molecule has 1 heterocycles. The second kappa shape index (κ2) is 4.63. The molecule has 0 aliphatic rings. The summed E-state index contributed by atoms with van der Waals surface area (Å²) in [6.07, 6.45) is 2.68. The highest BCUT2D eigenvalue weighted by molar-refractivity contribution is 6.29. The van der Waals surface area contributed by atoms with Crippen molar-refractivity contribution in [2.24, 2.45) is 0 Å². The molecule has 0 amide bonds. The van der Waals surface area contributed by atoms with Crippen molar-refractivity contribution in [3.05, 3.63) is 63.3 Å². The molecule has 0 spiro atoms. The highest BCUT2D eigenvalue weighted by atomic mass is 35.5. The molecular weight excluding hydrogens is 250 g/mol. The van der Waals surface area contributed by atoms with E-state index in [0.29, 0.717) is 0 Å². The largest absolute Gasteiger partial charge is 0.307 e. The molecule has 0 fully saturated rings. The zero-order valence-electron chi connectivity index (χ0n) is 8.53. The van der Waals surface area contributed by atoms with Gasteiger partial charge < -0.3 is 4.57 Å². The summed E-state index contributed by atoms with van der Waals surface area (Å²) in [4.78, 5) is 15.1. The van der Waals surface area contributed by atoms with Gasteiger partial charge in [-0.1, -0.05) is 23.7 Å². The minimum atomic E-state index is -0.965. The SMILES string of the molecule is O=c1c(Cl)nccn1Cc1cccc(F)c1F. The molecule has 1 aromatic heterocycles. The van der Waals surface area contributed by atoms with E-state index in [0.717, 1.165) is 10.6 Å². The molecule has 6 heteroatoms. The minimum Gasteiger partial charge on any atom is -0.307 e. The van der Waals surface area contributed by atoms with Crippen LogP contribution in [0.3, 0.4) is 0 Å². The Morgan fingerprint density at radius 2 is 2.12 bits per heavy atom. The third kappa shape index (κ3) is 2.34. The number of hydrogen-bond acceptors (Lipinski definition) is 2. The van der Waals surface area contributed by atoms with Gasteiger partial charge in [0.05, 0.1) is 6.54 Å². The van der Waals surface area contributed by atoms with E-state index in [9.17, 15) is 13.6 Å². The van der Waals surface area contributed by atoms with Crippen LogP contribution in [0.4, 0.5) is 8.78 Å². The topological polar surface area (TPSA) is 34.9 Å². The Balaban J connectivity index is 2.42. The number of nitrogens with zero attached hydrogens (tertiary/aromatic N) is 2. The van der Waals surface area contributed by atoms with Gasteiger partial charge in [0.25, 0.3) is 5.56 Å². The van der Waals surface area contributed by atoms with E-state index in [1.165, 1.54) is 24.5 Å². The van der Waals surface area contributed by atoms with Gasteiger partial charge >= 0.3 is 0 Å². The Morgan fingerprint density at radius 3 is 2.88 bits per heavy atom. The van der Waals surface area contributed by atoms with Gasteiger partial charge in [0.1, 0.15) is 0 Å². The predicted octanol–water partition coefficient (Wildman–Crippen LogP) is 2.22. The minimum absolute atomic E-state index is 0.0781. The lowest BCUT2D eigenvalue weighted by Crippen LogP contribution is -2.21. The van der Waals surface area contributed by atoms with Crippen molar-refractivity contribution in [1.82, 2.24) is 9.55 Å². The third-order valence-electron chi connectivity index (χ3n) is 2.24. The average molecular weight is 257 g/mol. The molecule has 0 radical (unpaired) electrons. The maximum Gasteiger partial charge on any atom is 0.288 e. The Kier molecular flexibility index (Phi) is 3.19. The number of hydrogen-bond donors (Lipinski definition) is 0. The van der Waals surface area contributed by atoms with E-state index in [2.05, 4.69) is 4.98 Å². The van der Waals surface area contributed by atoms with Gasteiger partial charge in [-0.3, -0.25) is 4.79 Å². The molecule has 2 rings (SSSR count). The normalized spacial score (nSPS) is 10.5. The standard InChI is InChI=1S/C11H7ClF2N2O/c12-10-11(17)16(5-4-15-10)6-7-2-1-3-8(13)9(7)14/h1-5H,6H2. The molecule has 17 heavy (non-hydrogen) atoms. The second-order valence-corrected chi connectivity index (χ2v) is 3.72. The number of benzene rings is 1. The first-order valence-corrected chi connectivity index (χ1v) is 5.11. The van der Waals surface area contributed by atoms with Gasteiger partial charge in [0.15, 0.2) is 16.8 Å². The monoisotopic (exact) mass is 256 g/mol. The van der Waals surface area contributed by atoms with Gasteiger partial charge in [-0.25, -0.2) is 13.8 Å².